The van der Waals surface area contributed by atoms with Crippen LogP contribution in [0.2, 0.25) is 0 Å². The molecule has 0 aliphatic carbocycles. The second-order valence-electron chi connectivity index (χ2n) is 0.287. The summed E-state index contributed by atoms with van der Waals surface area (Å²) in [7, 11) is 0. The van der Waals surface area contributed by atoms with Gasteiger partial charge in [0.2, 0.25) is 0 Å². The zero-order chi connectivity index (χ0) is 3.41. The second kappa shape index (κ2) is 3.44. The highest BCUT2D eigenvalue weighted by atomic mass is 32.2. The fourth-order valence-corrected chi connectivity index (χ4v) is 0. The van der Waals surface area contributed by atoms with Crippen LogP contribution in [0.4, 0.5) is 0 Å². The van der Waals surface area contributed by atoms with E-state index in [4.69, 9.17) is 0 Å². The van der Waals surface area contributed by atoms with Gasteiger partial charge in [0.05, 0.1) is 0 Å². The molecule has 0 radical (unpaired) electrons. The van der Waals surface area contributed by atoms with Crippen molar-refractivity contribution in [3.8, 4) is 0 Å². The number of thioether (sulfide) groups is 1. The lowest BCUT2D eigenvalue weighted by Gasteiger charge is -1.81. The minimum Gasteiger partial charge on any atom is -0.361 e. The molecular weight excluding hydrogens is 88.2 g/mol. The summed E-state index contributed by atoms with van der Waals surface area (Å²) in [4.78, 5) is 0. The molecule has 0 atom stereocenters. The molecule has 0 nitrogen and oxygen atoms in total. The van der Waals surface area contributed by atoms with Crippen LogP contribution in [0, 0.1) is 0 Å². The minimum absolute atomic E-state index is 1.42. The van der Waals surface area contributed by atoms with Crippen LogP contribution in [-0.2, 0) is 0 Å². The van der Waals surface area contributed by atoms with E-state index in [1.165, 1.54) is 11.8 Å². The van der Waals surface area contributed by atoms with Crippen LogP contribution < -0.4 is 0 Å². The number of hydrogen-bond acceptors (Lipinski definition) is 2. The SMILES string of the molecule is CS[C-]=S. The molecule has 0 N–H and O–H groups in total. The predicted octanol–water partition coefficient (Wildman–Crippen LogP) is 1.18. The fraction of sp³-hybridized carbons (Fsp3) is 0.500. The van der Waals surface area contributed by atoms with Gasteiger partial charge in [0.1, 0.15) is 0 Å². The summed E-state index contributed by atoms with van der Waals surface area (Å²) in [6, 6.07) is 0. The molecule has 2 heteroatoms. The Labute approximate surface area is 35.6 Å². The second-order valence-corrected chi connectivity index (χ2v) is 1.36. The van der Waals surface area contributed by atoms with Gasteiger partial charge in [0.15, 0.2) is 0 Å². The van der Waals surface area contributed by atoms with E-state index in [9.17, 15) is 0 Å². The summed E-state index contributed by atoms with van der Waals surface area (Å²) in [5.41, 5.74) is 0. The maximum Gasteiger partial charge on any atom is -0.0476 e. The van der Waals surface area contributed by atoms with Gasteiger partial charge >= 0.3 is 0 Å². The summed E-state index contributed by atoms with van der Waals surface area (Å²) in [6.45, 7) is 0. The van der Waals surface area contributed by atoms with E-state index in [1.54, 1.807) is 0 Å². The quantitative estimate of drug-likeness (QED) is 0.351. The van der Waals surface area contributed by atoms with Crippen LogP contribution in [0.1, 0.15) is 0 Å². The molecule has 0 fully saturated rings. The first-order valence-corrected chi connectivity index (χ1v) is 2.45. The van der Waals surface area contributed by atoms with Gasteiger partial charge in [-0.3, -0.25) is 0 Å². The molecule has 0 heterocycles. The van der Waals surface area contributed by atoms with E-state index in [0.29, 0.717) is 0 Å². The van der Waals surface area contributed by atoms with Crippen molar-refractivity contribution < 1.29 is 0 Å². The third kappa shape index (κ3) is 2.44. The van der Waals surface area contributed by atoms with Crippen molar-refractivity contribution in [2.45, 2.75) is 0 Å². The van der Waals surface area contributed by atoms with Crippen molar-refractivity contribution in [2.75, 3.05) is 6.26 Å². The Bertz CT molecular complexity index is 18.0. The minimum atomic E-state index is 1.42. The molecule has 4 heavy (non-hydrogen) atoms. The molecule has 24 valence electrons. The Balaban J connectivity index is 2.30. The lowest BCUT2D eigenvalue weighted by Crippen LogP contribution is -1.38. The predicted molar refractivity (Wildman–Crippen MR) is 26.1 cm³/mol. The molecule has 0 aliphatic rings. The molecule has 0 saturated heterocycles. The van der Waals surface area contributed by atoms with Crippen molar-refractivity contribution >= 4 is 28.7 Å². The van der Waals surface area contributed by atoms with Gasteiger partial charge in [-0.25, -0.2) is 0 Å². The first-order valence-electron chi connectivity index (χ1n) is 0.816. The average Bonchev–Trinajstić information content (AvgIpc) is 1.37. The van der Waals surface area contributed by atoms with Crippen molar-refractivity contribution in [1.29, 1.82) is 0 Å². The maximum absolute atomic E-state index is 4.27. The van der Waals surface area contributed by atoms with Crippen molar-refractivity contribution in [3.63, 3.8) is 0 Å². The Kier molecular flexibility index (Phi) is 3.82. The third-order valence-corrected chi connectivity index (χ3v) is 0.750. The number of thiocarbonyl (C=S) groups is 1. The van der Waals surface area contributed by atoms with E-state index in [1.807, 2.05) is 6.26 Å². The summed E-state index contributed by atoms with van der Waals surface area (Å²) < 4.78 is 2.43. The van der Waals surface area contributed by atoms with Gasteiger partial charge in [0.25, 0.3) is 0 Å². The molecule has 0 unspecified atom stereocenters. The maximum atomic E-state index is 4.27. The van der Waals surface area contributed by atoms with Crippen molar-refractivity contribution in [1.82, 2.24) is 0 Å². The molecule has 0 aliphatic heterocycles. The van der Waals surface area contributed by atoms with E-state index < -0.39 is 0 Å². The summed E-state index contributed by atoms with van der Waals surface area (Å²) in [5, 5.41) is 0. The van der Waals surface area contributed by atoms with E-state index in [0.717, 1.165) is 0 Å². The normalized spacial score (nSPS) is 6.25. The monoisotopic (exact) mass is 91.0 g/mol. The van der Waals surface area contributed by atoms with Gasteiger partial charge in [-0.1, -0.05) is 0 Å². The zero-order valence-corrected chi connectivity index (χ0v) is 3.95. The highest BCUT2D eigenvalue weighted by Gasteiger charge is 1.23. The highest BCUT2D eigenvalue weighted by Crippen LogP contribution is 1.78. The number of rotatable bonds is 1. The lowest BCUT2D eigenvalue weighted by molar-refractivity contribution is 2.54. The Morgan fingerprint density at radius 3 is 2.25 bits per heavy atom. The molecule has 0 amide bonds. The average molecular weight is 91.2 g/mol. The molecule has 0 aromatic rings. The Morgan fingerprint density at radius 1 is 2.00 bits per heavy atom. The van der Waals surface area contributed by atoms with Crippen LogP contribution in [-0.4, -0.2) is 11.0 Å². The van der Waals surface area contributed by atoms with Crippen molar-refractivity contribution in [2.24, 2.45) is 0 Å². The molecule has 0 bridgehead atoms. The third-order valence-electron chi connectivity index (χ3n) is 0.0833. The zero-order valence-electron chi connectivity index (χ0n) is 2.32. The Morgan fingerprint density at radius 2 is 2.25 bits per heavy atom. The van der Waals surface area contributed by atoms with Crippen LogP contribution in [0.25, 0.3) is 0 Å². The molecule has 0 saturated carbocycles. The van der Waals surface area contributed by atoms with Gasteiger partial charge in [-0.15, -0.1) is 0 Å². The lowest BCUT2D eigenvalue weighted by atomic mass is 11.9. The van der Waals surface area contributed by atoms with Crippen LogP contribution in [0.15, 0.2) is 0 Å². The van der Waals surface area contributed by atoms with Gasteiger partial charge in [0, 0.05) is 0 Å². The standard InChI is InChI=1S/C2H3S2/c1-4-2-3/h1H3/q-1. The molecule has 0 aromatic carbocycles. The van der Waals surface area contributed by atoms with Gasteiger partial charge in [-0.2, -0.15) is 0 Å². The topological polar surface area (TPSA) is 0 Å². The van der Waals surface area contributed by atoms with Gasteiger partial charge < -0.3 is 28.7 Å². The molecule has 0 rings (SSSR count). The van der Waals surface area contributed by atoms with Crippen LogP contribution in [0.5, 0.6) is 0 Å². The molecule has 0 spiro atoms. The number of hydrogen-bond donors (Lipinski definition) is 0. The van der Waals surface area contributed by atoms with E-state index in [2.05, 4.69) is 16.9 Å². The molecular formula is C2H3S2-. The first-order chi connectivity index (χ1) is 1.91. The van der Waals surface area contributed by atoms with Gasteiger partial charge in [-0.05, 0) is 6.26 Å². The smallest absolute Gasteiger partial charge is 0.0476 e. The summed E-state index contributed by atoms with van der Waals surface area (Å²) in [6.07, 6.45) is 1.88. The summed E-state index contributed by atoms with van der Waals surface area (Å²) in [5.74, 6) is 0. The van der Waals surface area contributed by atoms with E-state index in [-0.39, 0.29) is 0 Å². The van der Waals surface area contributed by atoms with Crippen molar-refractivity contribution in [3.05, 3.63) is 0 Å². The largest absolute Gasteiger partial charge is 0.361 e. The fourth-order valence-electron chi connectivity index (χ4n) is 0. The first kappa shape index (κ1) is 4.44. The Hall–Kier alpha value is 0.440. The van der Waals surface area contributed by atoms with Crippen LogP contribution >= 0.6 is 24.0 Å². The van der Waals surface area contributed by atoms with E-state index >= 15 is 0 Å². The molecule has 0 aromatic heterocycles. The summed E-state index contributed by atoms with van der Waals surface area (Å²) >= 11 is 5.69. The highest BCUT2D eigenvalue weighted by molar-refractivity contribution is 8.20. The van der Waals surface area contributed by atoms with Crippen LogP contribution in [0.3, 0.4) is 0 Å².